The van der Waals surface area contributed by atoms with Crippen LogP contribution in [0.1, 0.15) is 71.4 Å². The van der Waals surface area contributed by atoms with Gasteiger partial charge in [-0.05, 0) is 63.6 Å². The lowest BCUT2D eigenvalue weighted by Crippen LogP contribution is -2.55. The van der Waals surface area contributed by atoms with Gasteiger partial charge in [-0.2, -0.15) is 0 Å². The summed E-state index contributed by atoms with van der Waals surface area (Å²) in [7, 11) is 1.64. The molecule has 7 heteroatoms. The van der Waals surface area contributed by atoms with Crippen LogP contribution in [-0.4, -0.2) is 60.3 Å². The van der Waals surface area contributed by atoms with Crippen molar-refractivity contribution < 1.29 is 19.1 Å². The maximum atomic E-state index is 13.4. The molecule has 0 aliphatic heterocycles. The largest absolute Gasteiger partial charge is 0.489 e. The van der Waals surface area contributed by atoms with Crippen LogP contribution in [0.25, 0.3) is 0 Å². The number of benzene rings is 2. The number of Topliss-reactive ketones (excluding diaryl/α,β-unsaturated/α-hetero) is 1. The zero-order valence-corrected chi connectivity index (χ0v) is 24.5. The monoisotopic (exact) mass is 537 g/mol. The summed E-state index contributed by atoms with van der Waals surface area (Å²) in [5, 5.41) is 6.21. The summed E-state index contributed by atoms with van der Waals surface area (Å²) in [4.78, 5) is 40.2. The molecule has 0 saturated carbocycles. The molecular weight excluding hydrogens is 490 g/mol. The number of amides is 2. The number of likely N-dealkylation sites (N-methyl/N-ethyl adjacent to an activating group) is 1. The van der Waals surface area contributed by atoms with Gasteiger partial charge in [0.25, 0.3) is 0 Å². The topological polar surface area (TPSA) is 87.7 Å². The van der Waals surface area contributed by atoms with Crippen LogP contribution < -0.4 is 15.4 Å². The quantitative estimate of drug-likeness (QED) is 0.305. The Morgan fingerprint density at radius 3 is 2.23 bits per heavy atom. The lowest BCUT2D eigenvalue weighted by atomic mass is 10.0. The molecule has 0 saturated heterocycles. The smallest absolute Gasteiger partial charge is 0.243 e. The van der Waals surface area contributed by atoms with Gasteiger partial charge in [0.15, 0.2) is 5.78 Å². The number of ether oxygens (including phenoxy) is 1. The number of hydrogen-bond donors (Lipinski definition) is 2. The minimum Gasteiger partial charge on any atom is -0.489 e. The van der Waals surface area contributed by atoms with Gasteiger partial charge in [0.1, 0.15) is 17.9 Å². The predicted octanol–water partition coefficient (Wildman–Crippen LogP) is 4.72. The van der Waals surface area contributed by atoms with E-state index < -0.39 is 18.1 Å². The number of hydrogen-bond acceptors (Lipinski definition) is 5. The lowest BCUT2D eigenvalue weighted by Gasteiger charge is -2.30. The van der Waals surface area contributed by atoms with E-state index in [1.807, 2.05) is 62.4 Å². The van der Waals surface area contributed by atoms with Crippen LogP contribution in [0.15, 0.2) is 54.6 Å². The highest BCUT2D eigenvalue weighted by atomic mass is 16.5. The third kappa shape index (κ3) is 10.5. The second kappa shape index (κ2) is 16.7. The van der Waals surface area contributed by atoms with Crippen LogP contribution in [0, 0.1) is 0 Å². The second-order valence-electron chi connectivity index (χ2n) is 10.4. The number of nitrogens with zero attached hydrogens (tertiary/aromatic N) is 1. The Balaban J connectivity index is 1.97. The summed E-state index contributed by atoms with van der Waals surface area (Å²) in [6.07, 6.45) is 4.93. The molecule has 2 amide bonds. The zero-order valence-electron chi connectivity index (χ0n) is 24.5. The average molecular weight is 538 g/mol. The first-order valence-electron chi connectivity index (χ1n) is 14.3. The Kier molecular flexibility index (Phi) is 13.7. The molecule has 0 fully saturated rings. The van der Waals surface area contributed by atoms with Gasteiger partial charge in [0.05, 0.1) is 12.1 Å². The van der Waals surface area contributed by atoms with Crippen LogP contribution in [-0.2, 0) is 27.2 Å². The maximum Gasteiger partial charge on any atom is 0.243 e. The van der Waals surface area contributed by atoms with Crippen molar-refractivity contribution in [3.05, 3.63) is 65.7 Å². The summed E-state index contributed by atoms with van der Waals surface area (Å²) < 4.78 is 6.23. The second-order valence-corrected chi connectivity index (χ2v) is 10.4. The molecule has 0 spiro atoms. The first-order chi connectivity index (χ1) is 18.7. The fourth-order valence-corrected chi connectivity index (χ4v) is 4.41. The summed E-state index contributed by atoms with van der Waals surface area (Å²) in [5.74, 6) is 0.260. The first kappa shape index (κ1) is 32.0. The van der Waals surface area contributed by atoms with E-state index in [0.29, 0.717) is 19.4 Å². The van der Waals surface area contributed by atoms with Crippen LogP contribution in [0.4, 0.5) is 0 Å². The average Bonchev–Trinajstić information content (AvgIpc) is 2.93. The third-order valence-electron chi connectivity index (χ3n) is 7.03. The fraction of sp³-hybridized carbons (Fsp3) is 0.531. The van der Waals surface area contributed by atoms with E-state index in [-0.39, 0.29) is 23.7 Å². The van der Waals surface area contributed by atoms with E-state index >= 15 is 0 Å². The molecule has 2 N–H and O–H groups in total. The molecule has 0 aliphatic carbocycles. The number of nitrogens with one attached hydrogen (secondary N) is 2. The highest BCUT2D eigenvalue weighted by Crippen LogP contribution is 2.21. The molecule has 2 rings (SSSR count). The minimum absolute atomic E-state index is 0.121. The van der Waals surface area contributed by atoms with Crippen molar-refractivity contribution >= 4 is 17.6 Å². The Bertz CT molecular complexity index is 1040. The number of ketones is 1. The van der Waals surface area contributed by atoms with E-state index in [0.717, 1.165) is 37.0 Å². The van der Waals surface area contributed by atoms with Crippen LogP contribution in [0.2, 0.25) is 0 Å². The predicted molar refractivity (Wildman–Crippen MR) is 157 cm³/mol. The molecule has 0 aromatic heterocycles. The van der Waals surface area contributed by atoms with Gasteiger partial charge in [-0.15, -0.1) is 0 Å². The van der Waals surface area contributed by atoms with Gasteiger partial charge in [-0.3, -0.25) is 14.4 Å². The van der Waals surface area contributed by atoms with Crippen molar-refractivity contribution in [2.45, 2.75) is 97.4 Å². The van der Waals surface area contributed by atoms with Crippen LogP contribution >= 0.6 is 0 Å². The molecule has 0 unspecified atom stereocenters. The van der Waals surface area contributed by atoms with E-state index in [4.69, 9.17) is 4.74 Å². The summed E-state index contributed by atoms with van der Waals surface area (Å²) >= 11 is 0. The van der Waals surface area contributed by atoms with E-state index in [1.54, 1.807) is 14.0 Å². The van der Waals surface area contributed by atoms with E-state index in [2.05, 4.69) is 23.6 Å². The molecule has 39 heavy (non-hydrogen) atoms. The van der Waals surface area contributed by atoms with Gasteiger partial charge >= 0.3 is 0 Å². The van der Waals surface area contributed by atoms with Crippen molar-refractivity contribution in [2.24, 2.45) is 0 Å². The molecule has 2 aromatic carbocycles. The lowest BCUT2D eigenvalue weighted by molar-refractivity contribution is -0.140. The summed E-state index contributed by atoms with van der Waals surface area (Å²) in [6.45, 7) is 9.86. The van der Waals surface area contributed by atoms with Gasteiger partial charge in [-0.1, -0.05) is 75.2 Å². The molecule has 2 aromatic rings. The van der Waals surface area contributed by atoms with Crippen molar-refractivity contribution in [1.29, 1.82) is 0 Å². The van der Waals surface area contributed by atoms with Gasteiger partial charge in [-0.25, -0.2) is 0 Å². The fourth-order valence-electron chi connectivity index (χ4n) is 4.41. The van der Waals surface area contributed by atoms with E-state index in [1.165, 1.54) is 17.4 Å². The van der Waals surface area contributed by atoms with Gasteiger partial charge in [0, 0.05) is 13.6 Å². The normalized spacial score (nSPS) is 14.1. The van der Waals surface area contributed by atoms with Crippen molar-refractivity contribution in [1.82, 2.24) is 15.5 Å². The van der Waals surface area contributed by atoms with Crippen molar-refractivity contribution in [3.63, 3.8) is 0 Å². The molecule has 0 radical (unpaired) electrons. The SMILES string of the molecule is CCCCc1ccccc1O[C@H](C)CN[C@@H](CCC)C(=O)N(C)[C@H](C)C(=O)N[C@H](Cc1ccccc1)C(C)=O. The molecule has 0 aliphatic rings. The van der Waals surface area contributed by atoms with Crippen molar-refractivity contribution in [2.75, 3.05) is 13.6 Å². The Morgan fingerprint density at radius 1 is 0.923 bits per heavy atom. The zero-order chi connectivity index (χ0) is 28.8. The molecule has 214 valence electrons. The third-order valence-corrected chi connectivity index (χ3v) is 7.03. The van der Waals surface area contributed by atoms with E-state index in [9.17, 15) is 14.4 Å². The standard InChI is InChI=1S/C32H47N3O4/c1-7-9-18-27-19-13-14-20-30(27)39-23(3)22-33-28(15-8-2)32(38)35(6)24(4)31(37)34-29(25(5)36)21-26-16-11-10-12-17-26/h10-14,16-17,19-20,23-24,28-29,33H,7-9,15,18,21-22H2,1-6H3,(H,34,37)/t23-,24-,28+,29-/m1/s1. The number of rotatable bonds is 17. The number of para-hydroxylation sites is 1. The summed E-state index contributed by atoms with van der Waals surface area (Å²) in [6, 6.07) is 15.9. The highest BCUT2D eigenvalue weighted by Gasteiger charge is 2.30. The Morgan fingerprint density at radius 2 is 1.59 bits per heavy atom. The molecule has 7 nitrogen and oxygen atoms in total. The summed E-state index contributed by atoms with van der Waals surface area (Å²) in [5.41, 5.74) is 2.16. The number of carbonyl (C=O) groups is 3. The Labute approximate surface area is 234 Å². The molecule has 0 heterocycles. The van der Waals surface area contributed by atoms with Crippen molar-refractivity contribution in [3.8, 4) is 5.75 Å². The minimum atomic E-state index is -0.726. The highest BCUT2D eigenvalue weighted by molar-refractivity contribution is 5.92. The van der Waals surface area contributed by atoms with Crippen LogP contribution in [0.5, 0.6) is 5.75 Å². The number of unbranched alkanes of at least 4 members (excludes halogenated alkanes) is 1. The van der Waals surface area contributed by atoms with Gasteiger partial charge < -0.3 is 20.3 Å². The number of aryl methyl sites for hydroxylation is 1. The first-order valence-corrected chi connectivity index (χ1v) is 14.3. The Hall–Kier alpha value is -3.19. The maximum absolute atomic E-state index is 13.4. The molecule has 4 atom stereocenters. The molecule has 0 bridgehead atoms. The molecular formula is C32H47N3O4. The number of carbonyl (C=O) groups excluding carboxylic acids is 3. The van der Waals surface area contributed by atoms with Crippen LogP contribution in [0.3, 0.4) is 0 Å². The van der Waals surface area contributed by atoms with Gasteiger partial charge in [0.2, 0.25) is 11.8 Å².